The number of aromatic nitrogens is 2. The summed E-state index contributed by atoms with van der Waals surface area (Å²) in [7, 11) is 0. The Kier molecular flexibility index (Phi) is 4.26. The Hall–Kier alpha value is -2.37. The second-order valence-corrected chi connectivity index (χ2v) is 5.24. The molecule has 2 rings (SSSR count). The molecule has 0 spiro atoms. The van der Waals surface area contributed by atoms with Crippen molar-refractivity contribution in [2.24, 2.45) is 0 Å². The Morgan fingerprint density at radius 2 is 2.10 bits per heavy atom. The standard InChI is InChI=1S/C15H19FN4O/c1-9(2)14-18-6-7-20(14)10(3)15(21)19-13-5-4-11(16)8-12(13)17/h4-10H,17H2,1-3H3,(H,19,21). The van der Waals surface area contributed by atoms with Crippen molar-refractivity contribution in [1.82, 2.24) is 9.55 Å². The number of imidazole rings is 1. The molecule has 1 aromatic heterocycles. The highest BCUT2D eigenvalue weighted by atomic mass is 19.1. The van der Waals surface area contributed by atoms with Gasteiger partial charge in [0.15, 0.2) is 0 Å². The van der Waals surface area contributed by atoms with E-state index in [1.165, 1.54) is 18.2 Å². The van der Waals surface area contributed by atoms with Crippen LogP contribution in [0.1, 0.15) is 38.6 Å². The molecule has 6 heteroatoms. The number of amides is 1. The predicted molar refractivity (Wildman–Crippen MR) is 80.5 cm³/mol. The maximum absolute atomic E-state index is 13.0. The smallest absolute Gasteiger partial charge is 0.247 e. The molecular weight excluding hydrogens is 271 g/mol. The molecular formula is C15H19FN4O. The summed E-state index contributed by atoms with van der Waals surface area (Å²) in [6.07, 6.45) is 3.44. The van der Waals surface area contributed by atoms with Crippen molar-refractivity contribution in [1.29, 1.82) is 0 Å². The van der Waals surface area contributed by atoms with Crippen molar-refractivity contribution >= 4 is 17.3 Å². The number of nitrogen functional groups attached to an aromatic ring is 1. The first kappa shape index (κ1) is 15.0. The van der Waals surface area contributed by atoms with E-state index in [0.29, 0.717) is 5.69 Å². The summed E-state index contributed by atoms with van der Waals surface area (Å²) in [6, 6.07) is 3.45. The molecule has 1 unspecified atom stereocenters. The van der Waals surface area contributed by atoms with Gasteiger partial charge < -0.3 is 15.6 Å². The second kappa shape index (κ2) is 5.95. The highest BCUT2D eigenvalue weighted by Gasteiger charge is 2.19. The van der Waals surface area contributed by atoms with Gasteiger partial charge in [-0.2, -0.15) is 0 Å². The van der Waals surface area contributed by atoms with Gasteiger partial charge in [0.2, 0.25) is 5.91 Å². The predicted octanol–water partition coefficient (Wildman–Crippen LogP) is 2.93. The zero-order chi connectivity index (χ0) is 15.6. The summed E-state index contributed by atoms with van der Waals surface area (Å²) < 4.78 is 14.8. The molecule has 0 aliphatic rings. The first-order chi connectivity index (χ1) is 9.90. The molecule has 0 aliphatic carbocycles. The van der Waals surface area contributed by atoms with Crippen molar-refractivity contribution in [3.63, 3.8) is 0 Å². The fraction of sp³-hybridized carbons (Fsp3) is 0.333. The molecule has 0 saturated heterocycles. The van der Waals surface area contributed by atoms with E-state index in [2.05, 4.69) is 10.3 Å². The van der Waals surface area contributed by atoms with E-state index in [9.17, 15) is 9.18 Å². The molecule has 0 bridgehead atoms. The maximum atomic E-state index is 13.0. The van der Waals surface area contributed by atoms with Crippen molar-refractivity contribution in [3.05, 3.63) is 42.2 Å². The second-order valence-electron chi connectivity index (χ2n) is 5.24. The zero-order valence-electron chi connectivity index (χ0n) is 12.3. The molecule has 1 amide bonds. The lowest BCUT2D eigenvalue weighted by atomic mass is 10.2. The quantitative estimate of drug-likeness (QED) is 0.850. The number of benzene rings is 1. The Bertz CT molecular complexity index is 651. The Morgan fingerprint density at radius 3 is 2.71 bits per heavy atom. The van der Waals surface area contributed by atoms with Gasteiger partial charge in [-0.3, -0.25) is 4.79 Å². The average molecular weight is 290 g/mol. The van der Waals surface area contributed by atoms with E-state index in [-0.39, 0.29) is 17.5 Å². The average Bonchev–Trinajstić information content (AvgIpc) is 2.90. The molecule has 21 heavy (non-hydrogen) atoms. The van der Waals surface area contributed by atoms with Crippen LogP contribution in [0.3, 0.4) is 0 Å². The summed E-state index contributed by atoms with van der Waals surface area (Å²) in [5.74, 6) is 0.388. The van der Waals surface area contributed by atoms with Crippen molar-refractivity contribution < 1.29 is 9.18 Å². The van der Waals surface area contributed by atoms with Crippen LogP contribution < -0.4 is 11.1 Å². The number of nitrogens with one attached hydrogen (secondary N) is 1. The van der Waals surface area contributed by atoms with Crippen molar-refractivity contribution in [2.75, 3.05) is 11.1 Å². The van der Waals surface area contributed by atoms with Crippen LogP contribution in [0.4, 0.5) is 15.8 Å². The fourth-order valence-electron chi connectivity index (χ4n) is 2.11. The number of halogens is 1. The normalized spacial score (nSPS) is 12.4. The number of nitrogens with two attached hydrogens (primary N) is 1. The molecule has 0 radical (unpaired) electrons. The van der Waals surface area contributed by atoms with Crippen LogP contribution in [-0.2, 0) is 4.79 Å². The summed E-state index contributed by atoms with van der Waals surface area (Å²) in [5.41, 5.74) is 6.29. The lowest BCUT2D eigenvalue weighted by Crippen LogP contribution is -2.25. The molecule has 1 heterocycles. The molecule has 1 aromatic carbocycles. The van der Waals surface area contributed by atoms with E-state index in [4.69, 9.17) is 5.73 Å². The number of nitrogens with zero attached hydrogens (tertiary/aromatic N) is 2. The van der Waals surface area contributed by atoms with Crippen LogP contribution in [0, 0.1) is 5.82 Å². The van der Waals surface area contributed by atoms with Gasteiger partial charge >= 0.3 is 0 Å². The number of rotatable bonds is 4. The molecule has 112 valence electrons. The van der Waals surface area contributed by atoms with Gasteiger partial charge in [0.05, 0.1) is 11.4 Å². The number of carbonyl (C=O) groups is 1. The molecule has 3 N–H and O–H groups in total. The lowest BCUT2D eigenvalue weighted by molar-refractivity contribution is -0.118. The fourth-order valence-corrected chi connectivity index (χ4v) is 2.11. The number of anilines is 2. The summed E-state index contributed by atoms with van der Waals surface area (Å²) in [4.78, 5) is 16.6. The van der Waals surface area contributed by atoms with E-state index < -0.39 is 11.9 Å². The topological polar surface area (TPSA) is 72.9 Å². The van der Waals surface area contributed by atoms with Gasteiger partial charge in [0.25, 0.3) is 0 Å². The SMILES string of the molecule is CC(C)c1nccn1C(C)C(=O)Nc1ccc(F)cc1N. The highest BCUT2D eigenvalue weighted by Crippen LogP contribution is 2.22. The lowest BCUT2D eigenvalue weighted by Gasteiger charge is -2.18. The maximum Gasteiger partial charge on any atom is 0.247 e. The third kappa shape index (κ3) is 3.21. The molecule has 0 aliphatic heterocycles. The van der Waals surface area contributed by atoms with Crippen LogP contribution >= 0.6 is 0 Å². The zero-order valence-corrected chi connectivity index (χ0v) is 12.3. The van der Waals surface area contributed by atoms with Crippen molar-refractivity contribution in [2.45, 2.75) is 32.7 Å². The first-order valence-electron chi connectivity index (χ1n) is 6.78. The van der Waals surface area contributed by atoms with E-state index in [0.717, 1.165) is 5.82 Å². The summed E-state index contributed by atoms with van der Waals surface area (Å²) in [6.45, 7) is 5.81. The number of carbonyl (C=O) groups excluding carboxylic acids is 1. The largest absolute Gasteiger partial charge is 0.397 e. The highest BCUT2D eigenvalue weighted by molar-refractivity contribution is 5.96. The van der Waals surface area contributed by atoms with Gasteiger partial charge in [-0.1, -0.05) is 13.8 Å². The van der Waals surface area contributed by atoms with Gasteiger partial charge in [0.1, 0.15) is 17.7 Å². The molecule has 0 saturated carbocycles. The van der Waals surface area contributed by atoms with Crippen molar-refractivity contribution in [3.8, 4) is 0 Å². The first-order valence-corrected chi connectivity index (χ1v) is 6.78. The third-order valence-corrected chi connectivity index (χ3v) is 3.28. The van der Waals surface area contributed by atoms with E-state index >= 15 is 0 Å². The third-order valence-electron chi connectivity index (χ3n) is 3.28. The van der Waals surface area contributed by atoms with Crippen LogP contribution in [0.5, 0.6) is 0 Å². The Labute approximate surface area is 123 Å². The van der Waals surface area contributed by atoms with Gasteiger partial charge in [-0.15, -0.1) is 0 Å². The van der Waals surface area contributed by atoms with Crippen LogP contribution in [0.25, 0.3) is 0 Å². The molecule has 5 nitrogen and oxygen atoms in total. The summed E-state index contributed by atoms with van der Waals surface area (Å²) >= 11 is 0. The minimum atomic E-state index is -0.436. The number of hydrogen-bond acceptors (Lipinski definition) is 3. The van der Waals surface area contributed by atoms with Crippen LogP contribution in [0.15, 0.2) is 30.6 Å². The number of hydrogen-bond donors (Lipinski definition) is 2. The van der Waals surface area contributed by atoms with E-state index in [1.807, 2.05) is 18.4 Å². The monoisotopic (exact) mass is 290 g/mol. The minimum absolute atomic E-state index is 0.199. The summed E-state index contributed by atoms with van der Waals surface area (Å²) in [5, 5.41) is 2.71. The van der Waals surface area contributed by atoms with Gasteiger partial charge in [-0.05, 0) is 25.1 Å². The molecule has 1 atom stereocenters. The minimum Gasteiger partial charge on any atom is -0.397 e. The van der Waals surface area contributed by atoms with Gasteiger partial charge in [-0.25, -0.2) is 9.37 Å². The molecule has 0 fully saturated rings. The van der Waals surface area contributed by atoms with Gasteiger partial charge in [0, 0.05) is 18.3 Å². The van der Waals surface area contributed by atoms with E-state index in [1.54, 1.807) is 19.3 Å². The Morgan fingerprint density at radius 1 is 1.38 bits per heavy atom. The van der Waals surface area contributed by atoms with Crippen LogP contribution in [0.2, 0.25) is 0 Å². The Balaban J connectivity index is 2.18. The van der Waals surface area contributed by atoms with Crippen LogP contribution in [-0.4, -0.2) is 15.5 Å². The molecule has 2 aromatic rings.